The number of fused-ring (bicyclic) bond motifs is 1. The van der Waals surface area contributed by atoms with E-state index in [9.17, 15) is 10.1 Å². The van der Waals surface area contributed by atoms with E-state index < -0.39 is 0 Å². The zero-order valence-corrected chi connectivity index (χ0v) is 14.8. The van der Waals surface area contributed by atoms with Gasteiger partial charge in [-0.25, -0.2) is 4.98 Å². The number of nitriles is 1. The molecular weight excluding hydrogens is 320 g/mol. The number of aryl methyl sites for hydroxylation is 2. The molecule has 1 saturated heterocycles. The average Bonchev–Trinajstić information content (AvgIpc) is 2.79. The molecule has 6 heteroatoms. The first-order valence-electron chi connectivity index (χ1n) is 8.04. The quantitative estimate of drug-likeness (QED) is 0.809. The molecule has 2 aromatic rings. The van der Waals surface area contributed by atoms with Gasteiger partial charge in [-0.15, -0.1) is 0 Å². The van der Waals surface area contributed by atoms with Gasteiger partial charge in [0.15, 0.2) is 0 Å². The summed E-state index contributed by atoms with van der Waals surface area (Å²) < 4.78 is 0. The summed E-state index contributed by atoms with van der Waals surface area (Å²) in [6.07, 6.45) is 0.837. The van der Waals surface area contributed by atoms with E-state index in [4.69, 9.17) is 4.98 Å². The molecule has 0 radical (unpaired) electrons. The number of pyridine rings is 1. The molecule has 0 saturated carbocycles. The van der Waals surface area contributed by atoms with Gasteiger partial charge < -0.3 is 9.80 Å². The molecule has 0 unspecified atom stereocenters. The van der Waals surface area contributed by atoms with Gasteiger partial charge in [0.2, 0.25) is 0 Å². The lowest BCUT2D eigenvalue weighted by molar-refractivity contribution is 0.227. The fourth-order valence-corrected chi connectivity index (χ4v) is 3.46. The second-order valence-electron chi connectivity index (χ2n) is 6.23. The molecule has 124 valence electrons. The van der Waals surface area contributed by atoms with Gasteiger partial charge in [0, 0.05) is 31.6 Å². The average molecular weight is 340 g/mol. The van der Waals surface area contributed by atoms with Crippen molar-refractivity contribution in [1.82, 2.24) is 9.88 Å². The Morgan fingerprint density at radius 2 is 2.00 bits per heavy atom. The lowest BCUT2D eigenvalue weighted by Gasteiger charge is -2.23. The number of anilines is 1. The summed E-state index contributed by atoms with van der Waals surface area (Å²) in [6, 6.07) is 8.36. The van der Waals surface area contributed by atoms with Crippen molar-refractivity contribution < 1.29 is 4.79 Å². The second-order valence-corrected chi connectivity index (χ2v) is 6.61. The molecule has 1 aromatic heterocycles. The number of aromatic nitrogens is 1. The largest absolute Gasteiger partial charge is 0.354 e. The predicted octanol–water partition coefficient (Wildman–Crippen LogP) is 3.29. The zero-order valence-electron chi connectivity index (χ0n) is 13.9. The van der Waals surface area contributed by atoms with Gasteiger partial charge in [-0.3, -0.25) is 4.79 Å². The molecule has 0 atom stereocenters. The molecule has 1 amide bonds. The number of benzene rings is 1. The van der Waals surface area contributed by atoms with Gasteiger partial charge in [0.1, 0.15) is 11.9 Å². The Bertz CT molecular complexity index is 843. The van der Waals surface area contributed by atoms with Crippen LogP contribution < -0.4 is 4.90 Å². The van der Waals surface area contributed by atoms with Gasteiger partial charge in [0.05, 0.1) is 11.1 Å². The van der Waals surface area contributed by atoms with E-state index >= 15 is 0 Å². The van der Waals surface area contributed by atoms with E-state index in [2.05, 4.69) is 29.7 Å². The Hall–Kier alpha value is -2.26. The third kappa shape index (κ3) is 3.17. The minimum absolute atomic E-state index is 0.199. The van der Waals surface area contributed by atoms with Crippen LogP contribution in [0.2, 0.25) is 0 Å². The summed E-state index contributed by atoms with van der Waals surface area (Å²) in [5.74, 6) is 0.712. The second kappa shape index (κ2) is 6.70. The lowest BCUT2D eigenvalue weighted by atomic mass is 10.0. The summed E-state index contributed by atoms with van der Waals surface area (Å²) in [5, 5.41) is 10.4. The first-order chi connectivity index (χ1) is 11.5. The van der Waals surface area contributed by atoms with Crippen LogP contribution in [-0.2, 0) is 0 Å². The van der Waals surface area contributed by atoms with E-state index in [1.165, 1.54) is 0 Å². The fourth-order valence-electron chi connectivity index (χ4n) is 3.26. The summed E-state index contributed by atoms with van der Waals surface area (Å²) in [7, 11) is 0. The van der Waals surface area contributed by atoms with E-state index in [1.54, 1.807) is 4.90 Å². The molecule has 1 aromatic carbocycles. The Labute approximate surface area is 147 Å². The third-order valence-corrected chi connectivity index (χ3v) is 4.73. The summed E-state index contributed by atoms with van der Waals surface area (Å²) >= 11 is 3.92. The van der Waals surface area contributed by atoms with Crippen LogP contribution in [0.25, 0.3) is 10.9 Å². The van der Waals surface area contributed by atoms with E-state index in [0.717, 1.165) is 35.0 Å². The van der Waals surface area contributed by atoms with Gasteiger partial charge in [-0.1, -0.05) is 18.7 Å². The molecule has 1 aliphatic rings. The minimum atomic E-state index is -0.199. The Morgan fingerprint density at radius 1 is 1.21 bits per heavy atom. The molecule has 24 heavy (non-hydrogen) atoms. The lowest BCUT2D eigenvalue weighted by Crippen LogP contribution is -2.32. The van der Waals surface area contributed by atoms with E-state index in [1.807, 2.05) is 26.0 Å². The van der Waals surface area contributed by atoms with E-state index in [-0.39, 0.29) is 5.24 Å². The highest BCUT2D eigenvalue weighted by Crippen LogP contribution is 2.27. The van der Waals surface area contributed by atoms with Crippen molar-refractivity contribution in [2.45, 2.75) is 20.3 Å². The van der Waals surface area contributed by atoms with Crippen molar-refractivity contribution in [3.05, 3.63) is 34.9 Å². The minimum Gasteiger partial charge on any atom is -0.354 e. The van der Waals surface area contributed by atoms with Crippen LogP contribution in [0, 0.1) is 25.2 Å². The number of hydrogen-bond donors (Lipinski definition) is 1. The van der Waals surface area contributed by atoms with Crippen molar-refractivity contribution in [3.8, 4) is 6.07 Å². The molecule has 0 aliphatic carbocycles. The maximum absolute atomic E-state index is 11.5. The summed E-state index contributed by atoms with van der Waals surface area (Å²) in [4.78, 5) is 20.1. The number of carbonyl (C=O) groups is 1. The Balaban J connectivity index is 2.02. The molecule has 5 nitrogen and oxygen atoms in total. The summed E-state index contributed by atoms with van der Waals surface area (Å²) in [6.45, 7) is 6.81. The van der Waals surface area contributed by atoms with Crippen LogP contribution in [0.15, 0.2) is 18.2 Å². The molecule has 3 rings (SSSR count). The number of carbonyl (C=O) groups excluding carboxylic acids is 1. The van der Waals surface area contributed by atoms with Crippen molar-refractivity contribution >= 4 is 34.6 Å². The first kappa shape index (κ1) is 16.6. The molecule has 1 aliphatic heterocycles. The van der Waals surface area contributed by atoms with E-state index in [0.29, 0.717) is 31.0 Å². The standard InChI is InChI=1S/C18H20N4OS/c1-12-8-13(2)15-10-14(11-19)17(20-16(15)9-12)21-4-3-5-22(7-6-21)18(23)24/h8-10H,3-7H2,1-2H3,(H,23,24). The monoisotopic (exact) mass is 340 g/mol. The number of rotatable bonds is 1. The maximum Gasteiger partial charge on any atom is 0.278 e. The van der Waals surface area contributed by atoms with Gasteiger partial charge in [0.25, 0.3) is 5.24 Å². The van der Waals surface area contributed by atoms with Gasteiger partial charge in [-0.2, -0.15) is 5.26 Å². The first-order valence-corrected chi connectivity index (χ1v) is 8.49. The molecule has 1 fully saturated rings. The highest BCUT2D eigenvalue weighted by atomic mass is 32.1. The molecule has 2 heterocycles. The van der Waals surface area contributed by atoms with Crippen LogP contribution in [-0.4, -0.2) is 41.3 Å². The molecular formula is C18H20N4OS. The Kier molecular flexibility index (Phi) is 4.63. The fraction of sp³-hybridized carbons (Fsp3) is 0.389. The van der Waals surface area contributed by atoms with Crippen molar-refractivity contribution in [2.75, 3.05) is 31.1 Å². The SMILES string of the molecule is Cc1cc(C)c2cc(C#N)c(N3CCCN(C(=O)S)CC3)nc2c1. The summed E-state index contributed by atoms with van der Waals surface area (Å²) in [5.41, 5.74) is 3.78. The van der Waals surface area contributed by atoms with Crippen molar-refractivity contribution in [3.63, 3.8) is 0 Å². The molecule has 0 spiro atoms. The maximum atomic E-state index is 11.5. The van der Waals surface area contributed by atoms with Crippen LogP contribution >= 0.6 is 12.6 Å². The van der Waals surface area contributed by atoms with Crippen LogP contribution in [0.3, 0.4) is 0 Å². The Morgan fingerprint density at radius 3 is 2.71 bits per heavy atom. The van der Waals surface area contributed by atoms with Crippen LogP contribution in [0.4, 0.5) is 10.6 Å². The van der Waals surface area contributed by atoms with Gasteiger partial charge in [-0.05, 0) is 43.5 Å². The number of nitrogens with zero attached hydrogens (tertiary/aromatic N) is 4. The predicted molar refractivity (Wildman–Crippen MR) is 98.7 cm³/mol. The number of amides is 1. The van der Waals surface area contributed by atoms with Crippen molar-refractivity contribution in [1.29, 1.82) is 5.26 Å². The highest BCUT2D eigenvalue weighted by molar-refractivity contribution is 7.96. The zero-order chi connectivity index (χ0) is 17.3. The van der Waals surface area contributed by atoms with Crippen molar-refractivity contribution in [2.24, 2.45) is 0 Å². The topological polar surface area (TPSA) is 60.2 Å². The normalized spacial score (nSPS) is 15.2. The smallest absolute Gasteiger partial charge is 0.278 e. The van der Waals surface area contributed by atoms with Gasteiger partial charge >= 0.3 is 0 Å². The molecule has 0 N–H and O–H groups in total. The third-order valence-electron chi connectivity index (χ3n) is 4.45. The molecule has 0 bridgehead atoms. The van der Waals surface area contributed by atoms with Crippen LogP contribution in [0.5, 0.6) is 0 Å². The number of thiol groups is 1. The highest BCUT2D eigenvalue weighted by Gasteiger charge is 2.21. The van der Waals surface area contributed by atoms with Crippen LogP contribution in [0.1, 0.15) is 23.1 Å². The number of hydrogen-bond acceptors (Lipinski definition) is 4.